The van der Waals surface area contributed by atoms with Gasteiger partial charge >= 0.3 is 6.18 Å². The van der Waals surface area contributed by atoms with E-state index >= 15 is 0 Å². The Morgan fingerprint density at radius 1 is 1.47 bits per heavy atom. The van der Waals surface area contributed by atoms with Gasteiger partial charge in [-0.15, -0.1) is 0 Å². The monoisotopic (exact) mass is 243 g/mol. The minimum atomic E-state index is -4.41. The maximum atomic E-state index is 12.8. The Balaban J connectivity index is 2.60. The zero-order valence-electron chi connectivity index (χ0n) is 9.29. The molecule has 1 atom stereocenters. The summed E-state index contributed by atoms with van der Waals surface area (Å²) in [7, 11) is 0. The molecule has 0 saturated heterocycles. The van der Waals surface area contributed by atoms with E-state index in [4.69, 9.17) is 0 Å². The molecule has 1 aromatic carbocycles. The highest BCUT2D eigenvalue weighted by molar-refractivity contribution is 5.76. The molecule has 0 amide bonds. The first-order valence-corrected chi connectivity index (χ1v) is 5.39. The van der Waals surface area contributed by atoms with Crippen LogP contribution in [0.5, 0.6) is 0 Å². The van der Waals surface area contributed by atoms with Crippen molar-refractivity contribution in [3.63, 3.8) is 0 Å². The van der Waals surface area contributed by atoms with Crippen molar-refractivity contribution in [3.8, 4) is 0 Å². The topological polar surface area (TPSA) is 20.3 Å². The van der Waals surface area contributed by atoms with Gasteiger partial charge in [0.2, 0.25) is 0 Å². The first-order valence-electron chi connectivity index (χ1n) is 5.39. The van der Waals surface area contributed by atoms with Gasteiger partial charge in [-0.2, -0.15) is 13.2 Å². The molecule has 0 aromatic heterocycles. The minimum absolute atomic E-state index is 0.122. The molecule has 2 rings (SSSR count). The first-order chi connectivity index (χ1) is 7.99. The Morgan fingerprint density at radius 2 is 2.18 bits per heavy atom. The highest BCUT2D eigenvalue weighted by Crippen LogP contribution is 2.43. The second-order valence-electron chi connectivity index (χ2n) is 4.02. The summed E-state index contributed by atoms with van der Waals surface area (Å²) < 4.78 is 38.5. The lowest BCUT2D eigenvalue weighted by Gasteiger charge is -2.17. The fourth-order valence-corrected chi connectivity index (χ4v) is 2.30. The zero-order chi connectivity index (χ0) is 12.6. The van der Waals surface area contributed by atoms with Crippen LogP contribution in [-0.4, -0.2) is 19.4 Å². The first kappa shape index (κ1) is 12.0. The number of carbonyl (C=O) groups is 1. The van der Waals surface area contributed by atoms with Gasteiger partial charge in [-0.25, -0.2) is 0 Å². The predicted molar refractivity (Wildman–Crippen MR) is 58.1 cm³/mol. The SMILES string of the molecule is CCN1CC(C=O)c2c1cccc2C(F)(F)F. The van der Waals surface area contributed by atoms with Crippen molar-refractivity contribution in [2.24, 2.45) is 0 Å². The van der Waals surface area contributed by atoms with Crippen molar-refractivity contribution in [2.75, 3.05) is 18.0 Å². The number of aldehydes is 1. The van der Waals surface area contributed by atoms with Gasteiger partial charge in [0, 0.05) is 18.8 Å². The molecule has 0 spiro atoms. The molecule has 1 aromatic rings. The molecule has 5 heteroatoms. The van der Waals surface area contributed by atoms with Crippen LogP contribution < -0.4 is 4.90 Å². The number of hydrogen-bond acceptors (Lipinski definition) is 2. The molecule has 1 unspecified atom stereocenters. The Labute approximate surface area is 97.0 Å². The van der Waals surface area contributed by atoms with Gasteiger partial charge in [-0.05, 0) is 24.6 Å². The number of alkyl halides is 3. The molecule has 0 saturated carbocycles. The maximum Gasteiger partial charge on any atom is 0.416 e. The molecule has 1 heterocycles. The molecular weight excluding hydrogens is 231 g/mol. The molecule has 0 radical (unpaired) electrons. The van der Waals surface area contributed by atoms with E-state index in [1.165, 1.54) is 6.07 Å². The van der Waals surface area contributed by atoms with Crippen molar-refractivity contribution >= 4 is 12.0 Å². The maximum absolute atomic E-state index is 12.8. The third kappa shape index (κ3) is 1.90. The Bertz CT molecular complexity index is 442. The molecule has 2 nitrogen and oxygen atoms in total. The second kappa shape index (κ2) is 4.05. The third-order valence-corrected chi connectivity index (χ3v) is 3.06. The van der Waals surface area contributed by atoms with E-state index in [0.717, 1.165) is 6.07 Å². The predicted octanol–water partition coefficient (Wildman–Crippen LogP) is 2.83. The van der Waals surface area contributed by atoms with Crippen LogP contribution in [0.3, 0.4) is 0 Å². The molecule has 0 N–H and O–H groups in total. The van der Waals surface area contributed by atoms with Crippen LogP contribution in [0.25, 0.3) is 0 Å². The van der Waals surface area contributed by atoms with Crippen molar-refractivity contribution in [2.45, 2.75) is 19.0 Å². The summed E-state index contributed by atoms with van der Waals surface area (Å²) in [5.41, 5.74) is -0.0423. The molecule has 0 bridgehead atoms. The molecule has 1 aliphatic rings. The van der Waals surface area contributed by atoms with Gasteiger partial charge in [0.05, 0.1) is 11.5 Å². The summed E-state index contributed by atoms with van der Waals surface area (Å²) in [5.74, 6) is -0.678. The normalized spacial score (nSPS) is 19.3. The van der Waals surface area contributed by atoms with Crippen LogP contribution in [0.1, 0.15) is 24.0 Å². The van der Waals surface area contributed by atoms with E-state index in [-0.39, 0.29) is 5.56 Å². The van der Waals surface area contributed by atoms with Gasteiger partial charge in [0.15, 0.2) is 0 Å². The lowest BCUT2D eigenvalue weighted by Crippen LogP contribution is -2.21. The number of likely N-dealkylation sites (N-methyl/N-ethyl adjacent to an activating group) is 1. The van der Waals surface area contributed by atoms with E-state index in [1.807, 2.05) is 6.92 Å². The van der Waals surface area contributed by atoms with Crippen LogP contribution in [-0.2, 0) is 11.0 Å². The van der Waals surface area contributed by atoms with Gasteiger partial charge in [-0.1, -0.05) is 6.07 Å². The van der Waals surface area contributed by atoms with Crippen LogP contribution >= 0.6 is 0 Å². The van der Waals surface area contributed by atoms with E-state index in [1.54, 1.807) is 11.0 Å². The van der Waals surface area contributed by atoms with Crippen LogP contribution in [0.15, 0.2) is 18.2 Å². The number of nitrogens with zero attached hydrogens (tertiary/aromatic N) is 1. The van der Waals surface area contributed by atoms with E-state index in [0.29, 0.717) is 25.1 Å². The zero-order valence-corrected chi connectivity index (χ0v) is 9.29. The van der Waals surface area contributed by atoms with Crippen molar-refractivity contribution in [1.29, 1.82) is 0 Å². The fraction of sp³-hybridized carbons (Fsp3) is 0.417. The van der Waals surface area contributed by atoms with Crippen LogP contribution in [0, 0.1) is 0 Å². The molecule has 92 valence electrons. The summed E-state index contributed by atoms with van der Waals surface area (Å²) in [4.78, 5) is 12.7. The molecule has 0 fully saturated rings. The molecular formula is C12H12F3NO. The fourth-order valence-electron chi connectivity index (χ4n) is 2.30. The number of carbonyl (C=O) groups excluding carboxylic acids is 1. The summed E-state index contributed by atoms with van der Waals surface area (Å²) in [6.45, 7) is 2.79. The lowest BCUT2D eigenvalue weighted by atomic mass is 9.96. The molecule has 17 heavy (non-hydrogen) atoms. The van der Waals surface area contributed by atoms with Gasteiger partial charge in [0.25, 0.3) is 0 Å². The van der Waals surface area contributed by atoms with E-state index in [9.17, 15) is 18.0 Å². The number of fused-ring (bicyclic) bond motifs is 1. The lowest BCUT2D eigenvalue weighted by molar-refractivity contribution is -0.138. The number of halogens is 3. The van der Waals surface area contributed by atoms with Crippen molar-refractivity contribution < 1.29 is 18.0 Å². The summed E-state index contributed by atoms with van der Waals surface area (Å²) in [6, 6.07) is 4.06. The van der Waals surface area contributed by atoms with E-state index < -0.39 is 17.7 Å². The average Bonchev–Trinajstić information content (AvgIpc) is 2.65. The van der Waals surface area contributed by atoms with Crippen LogP contribution in [0.4, 0.5) is 18.9 Å². The highest BCUT2D eigenvalue weighted by atomic mass is 19.4. The standard InChI is InChI=1S/C12H12F3NO/c1-2-16-6-8(7-17)11-9(12(13,14)15)4-3-5-10(11)16/h3-5,7-8H,2,6H2,1H3. The van der Waals surface area contributed by atoms with Gasteiger partial charge in [-0.3, -0.25) is 0 Å². The number of benzene rings is 1. The quantitative estimate of drug-likeness (QED) is 0.744. The number of hydrogen-bond donors (Lipinski definition) is 0. The van der Waals surface area contributed by atoms with Crippen LogP contribution in [0.2, 0.25) is 0 Å². The summed E-state index contributed by atoms with van der Waals surface area (Å²) in [6.07, 6.45) is -3.81. The Morgan fingerprint density at radius 3 is 2.71 bits per heavy atom. The smallest absolute Gasteiger partial charge is 0.371 e. The molecule has 0 aliphatic carbocycles. The molecule has 1 aliphatic heterocycles. The van der Waals surface area contributed by atoms with Crippen molar-refractivity contribution in [3.05, 3.63) is 29.3 Å². The van der Waals surface area contributed by atoms with Crippen molar-refractivity contribution in [1.82, 2.24) is 0 Å². The number of anilines is 1. The summed E-state index contributed by atoms with van der Waals surface area (Å²) >= 11 is 0. The largest absolute Gasteiger partial charge is 0.416 e. The number of rotatable bonds is 2. The second-order valence-corrected chi connectivity index (χ2v) is 4.02. The Hall–Kier alpha value is -1.52. The average molecular weight is 243 g/mol. The third-order valence-electron chi connectivity index (χ3n) is 3.06. The van der Waals surface area contributed by atoms with Gasteiger partial charge < -0.3 is 9.69 Å². The van der Waals surface area contributed by atoms with E-state index in [2.05, 4.69) is 0 Å². The van der Waals surface area contributed by atoms with Gasteiger partial charge in [0.1, 0.15) is 6.29 Å². The minimum Gasteiger partial charge on any atom is -0.371 e. The summed E-state index contributed by atoms with van der Waals surface area (Å²) in [5, 5.41) is 0. The Kier molecular flexibility index (Phi) is 2.85. The highest BCUT2D eigenvalue weighted by Gasteiger charge is 2.40.